The molecule has 1 aliphatic rings. The molecule has 15 heavy (non-hydrogen) atoms. The number of hydrogen-bond acceptors (Lipinski definition) is 2. The summed E-state index contributed by atoms with van der Waals surface area (Å²) in [5.74, 6) is 1.41. The molecule has 1 radical (unpaired) electrons. The Balaban J connectivity index is 0. The SMILES string of the molecule is CCC1[CH-]CC(C)(C=O)CC1C.CO.[Os+]. The molecule has 0 saturated heterocycles. The normalized spacial score (nSPS) is 34.5. The van der Waals surface area contributed by atoms with Crippen molar-refractivity contribution in [1.29, 1.82) is 0 Å². The molecule has 0 heterocycles. The second-order valence-electron chi connectivity index (χ2n) is 4.47. The Bertz CT molecular complexity index is 173. The van der Waals surface area contributed by atoms with Crippen LogP contribution < -0.4 is 0 Å². The summed E-state index contributed by atoms with van der Waals surface area (Å²) in [7, 11) is 1.00. The molecule has 3 atom stereocenters. The fourth-order valence-corrected chi connectivity index (χ4v) is 2.29. The van der Waals surface area contributed by atoms with Gasteiger partial charge in [-0.1, -0.05) is 33.1 Å². The number of carbonyl (C=O) groups excluding carboxylic acids is 1. The van der Waals surface area contributed by atoms with Gasteiger partial charge in [0, 0.05) is 7.11 Å². The predicted octanol–water partition coefficient (Wildman–Crippen LogP) is 2.46. The molecule has 3 unspecified atom stereocenters. The van der Waals surface area contributed by atoms with Gasteiger partial charge in [0.1, 0.15) is 6.29 Å². The largest absolute Gasteiger partial charge is 1.00 e. The third kappa shape index (κ3) is 5.23. The second kappa shape index (κ2) is 8.42. The minimum absolute atomic E-state index is 0. The van der Waals surface area contributed by atoms with Crippen LogP contribution in [0.15, 0.2) is 0 Å². The van der Waals surface area contributed by atoms with Gasteiger partial charge in [0.05, 0.1) is 0 Å². The average molecular weight is 390 g/mol. The van der Waals surface area contributed by atoms with E-state index >= 15 is 0 Å². The van der Waals surface area contributed by atoms with Crippen LogP contribution in [-0.2, 0) is 24.6 Å². The van der Waals surface area contributed by atoms with Crippen LogP contribution in [0.4, 0.5) is 0 Å². The molecular formula is C12H23O2Os. The Morgan fingerprint density at radius 2 is 2.07 bits per heavy atom. The number of carbonyl (C=O) groups is 1. The Morgan fingerprint density at radius 3 is 2.40 bits per heavy atom. The average Bonchev–Trinajstić information content (AvgIpc) is 2.21. The molecule has 1 saturated carbocycles. The Kier molecular flexibility index (Phi) is 9.91. The zero-order valence-corrected chi connectivity index (χ0v) is 12.7. The molecular weight excluding hydrogens is 366 g/mol. The Hall–Kier alpha value is 0.266. The summed E-state index contributed by atoms with van der Waals surface area (Å²) in [4.78, 5) is 10.8. The van der Waals surface area contributed by atoms with Crippen molar-refractivity contribution < 1.29 is 29.7 Å². The van der Waals surface area contributed by atoms with E-state index in [0.717, 1.165) is 32.2 Å². The van der Waals surface area contributed by atoms with Crippen molar-refractivity contribution in [3.8, 4) is 0 Å². The van der Waals surface area contributed by atoms with E-state index in [9.17, 15) is 4.79 Å². The molecule has 91 valence electrons. The maximum Gasteiger partial charge on any atom is 1.00 e. The molecule has 1 fully saturated rings. The number of aliphatic hydroxyl groups excluding tert-OH is 1. The molecule has 0 aromatic carbocycles. The van der Waals surface area contributed by atoms with E-state index in [2.05, 4.69) is 27.2 Å². The second-order valence-corrected chi connectivity index (χ2v) is 4.47. The van der Waals surface area contributed by atoms with Crippen LogP contribution in [-0.4, -0.2) is 18.5 Å². The summed E-state index contributed by atoms with van der Waals surface area (Å²) in [6.07, 6.45) is 6.72. The van der Waals surface area contributed by atoms with E-state index in [4.69, 9.17) is 5.11 Å². The van der Waals surface area contributed by atoms with Crippen LogP contribution in [0, 0.1) is 23.7 Å². The van der Waals surface area contributed by atoms with Crippen LogP contribution in [0.3, 0.4) is 0 Å². The zero-order valence-electron chi connectivity index (χ0n) is 10.1. The van der Waals surface area contributed by atoms with Crippen LogP contribution in [0.5, 0.6) is 0 Å². The molecule has 1 N–H and O–H groups in total. The van der Waals surface area contributed by atoms with Gasteiger partial charge in [-0.3, -0.25) is 0 Å². The van der Waals surface area contributed by atoms with Crippen molar-refractivity contribution in [2.24, 2.45) is 17.3 Å². The molecule has 1 rings (SSSR count). The van der Waals surface area contributed by atoms with Crippen LogP contribution >= 0.6 is 0 Å². The van der Waals surface area contributed by atoms with Gasteiger partial charge in [-0.15, -0.1) is 0 Å². The van der Waals surface area contributed by atoms with Gasteiger partial charge in [-0.05, 0) is 11.8 Å². The minimum Gasteiger partial charge on any atom is -0.400 e. The van der Waals surface area contributed by atoms with Crippen LogP contribution in [0.2, 0.25) is 0 Å². The molecule has 0 aliphatic heterocycles. The van der Waals surface area contributed by atoms with Gasteiger partial charge < -0.3 is 16.3 Å². The maximum absolute atomic E-state index is 10.8. The monoisotopic (exact) mass is 391 g/mol. The van der Waals surface area contributed by atoms with Crippen LogP contribution in [0.25, 0.3) is 0 Å². The first-order chi connectivity index (χ1) is 6.61. The summed E-state index contributed by atoms with van der Waals surface area (Å²) in [6, 6.07) is 0. The fraction of sp³-hybridized carbons (Fsp3) is 0.833. The van der Waals surface area contributed by atoms with Gasteiger partial charge in [-0.2, -0.15) is 12.3 Å². The first kappa shape index (κ1) is 17.7. The smallest absolute Gasteiger partial charge is 0.400 e. The molecule has 2 nitrogen and oxygen atoms in total. The number of rotatable bonds is 2. The van der Waals surface area contributed by atoms with Crippen molar-refractivity contribution in [3.05, 3.63) is 6.42 Å². The first-order valence-electron chi connectivity index (χ1n) is 5.35. The summed E-state index contributed by atoms with van der Waals surface area (Å²) < 4.78 is 0. The summed E-state index contributed by atoms with van der Waals surface area (Å²) in [6.45, 7) is 6.55. The minimum atomic E-state index is -0.0644. The van der Waals surface area contributed by atoms with E-state index in [0.29, 0.717) is 5.92 Å². The number of hydrogen-bond donors (Lipinski definition) is 1. The predicted molar refractivity (Wildman–Crippen MR) is 58.8 cm³/mol. The molecule has 0 bridgehead atoms. The first-order valence-corrected chi connectivity index (χ1v) is 5.35. The van der Waals surface area contributed by atoms with Crippen molar-refractivity contribution in [2.45, 2.75) is 40.0 Å². The quantitative estimate of drug-likeness (QED) is 0.582. The van der Waals surface area contributed by atoms with Crippen molar-refractivity contribution in [2.75, 3.05) is 7.11 Å². The van der Waals surface area contributed by atoms with Crippen molar-refractivity contribution >= 4 is 6.29 Å². The maximum atomic E-state index is 10.8. The van der Waals surface area contributed by atoms with E-state index in [1.54, 1.807) is 0 Å². The van der Waals surface area contributed by atoms with E-state index in [-0.39, 0.29) is 25.2 Å². The molecule has 0 amide bonds. The van der Waals surface area contributed by atoms with Gasteiger partial charge in [0.25, 0.3) is 0 Å². The molecule has 0 aromatic rings. The number of aldehydes is 1. The van der Waals surface area contributed by atoms with Gasteiger partial charge in [-0.25, -0.2) is 0 Å². The fourth-order valence-electron chi connectivity index (χ4n) is 2.29. The van der Waals surface area contributed by atoms with E-state index < -0.39 is 0 Å². The molecule has 3 heteroatoms. The van der Waals surface area contributed by atoms with E-state index in [1.807, 2.05) is 0 Å². The number of aliphatic hydroxyl groups is 1. The Morgan fingerprint density at radius 1 is 1.53 bits per heavy atom. The Labute approximate surface area is 107 Å². The third-order valence-corrected chi connectivity index (χ3v) is 3.16. The third-order valence-electron chi connectivity index (χ3n) is 3.16. The van der Waals surface area contributed by atoms with Gasteiger partial charge in [0.15, 0.2) is 0 Å². The standard InChI is InChI=1S/C11H19O.CH4O.Os/c1-4-10-5-6-11(3,8-12)7-9(10)2;1-2;/h5,8-10H,4,6-7H2,1-3H3;2H,1H3;/q-1;;+1. The topological polar surface area (TPSA) is 37.3 Å². The molecule has 0 spiro atoms. The molecule has 1 aliphatic carbocycles. The van der Waals surface area contributed by atoms with Gasteiger partial charge >= 0.3 is 19.8 Å². The van der Waals surface area contributed by atoms with Gasteiger partial charge in [0.2, 0.25) is 0 Å². The molecule has 0 aromatic heterocycles. The van der Waals surface area contributed by atoms with Crippen molar-refractivity contribution in [1.82, 2.24) is 0 Å². The van der Waals surface area contributed by atoms with Crippen molar-refractivity contribution in [3.63, 3.8) is 0 Å². The summed E-state index contributed by atoms with van der Waals surface area (Å²) in [5.41, 5.74) is -0.0644. The zero-order chi connectivity index (χ0) is 11.2. The summed E-state index contributed by atoms with van der Waals surface area (Å²) >= 11 is 0. The van der Waals surface area contributed by atoms with Crippen LogP contribution in [0.1, 0.15) is 40.0 Å². The summed E-state index contributed by atoms with van der Waals surface area (Å²) in [5, 5.41) is 7.00. The van der Waals surface area contributed by atoms with E-state index in [1.165, 1.54) is 6.42 Å².